The van der Waals surface area contributed by atoms with Gasteiger partial charge in [0.05, 0.1) is 26.9 Å². The molecule has 330 valence electrons. The van der Waals surface area contributed by atoms with Gasteiger partial charge in [0, 0.05) is 49.9 Å². The molecule has 0 radical (unpaired) electrons. The Bertz CT molecular complexity index is 2100. The minimum absolute atomic E-state index is 0.0245. The second-order valence-electron chi connectivity index (χ2n) is 18.0. The topological polar surface area (TPSA) is 196 Å². The van der Waals surface area contributed by atoms with Gasteiger partial charge in [0.2, 0.25) is 17.7 Å². The highest BCUT2D eigenvalue weighted by Crippen LogP contribution is 2.52. The fourth-order valence-corrected chi connectivity index (χ4v) is 9.41. The minimum atomic E-state index is -1.19. The third kappa shape index (κ3) is 9.33. The van der Waals surface area contributed by atoms with Gasteiger partial charge in [0.15, 0.2) is 0 Å². The largest absolute Gasteiger partial charge is 0.491 e. The number of hydrogen-bond acceptors (Lipinski definition) is 13. The van der Waals surface area contributed by atoms with Crippen molar-refractivity contribution in [3.63, 3.8) is 0 Å². The van der Waals surface area contributed by atoms with Crippen LogP contribution in [-0.4, -0.2) is 132 Å². The number of rotatable bonds is 15. The summed E-state index contributed by atoms with van der Waals surface area (Å²) in [5, 5.41) is 6.60. The van der Waals surface area contributed by atoms with E-state index in [0.717, 1.165) is 25.9 Å². The van der Waals surface area contributed by atoms with Crippen LogP contribution < -0.4 is 24.8 Å². The van der Waals surface area contributed by atoms with Crippen molar-refractivity contribution in [2.45, 2.75) is 96.1 Å². The van der Waals surface area contributed by atoms with Crippen molar-refractivity contribution < 1.29 is 47.6 Å². The van der Waals surface area contributed by atoms with Crippen LogP contribution >= 0.6 is 11.6 Å². The number of aromatic amines is 1. The molecule has 0 bridgehead atoms. The number of nitrogens with one attached hydrogen (secondary N) is 3. The van der Waals surface area contributed by atoms with Crippen LogP contribution in [0.2, 0.25) is 5.02 Å². The van der Waals surface area contributed by atoms with Gasteiger partial charge in [-0.05, 0) is 61.0 Å². The number of esters is 1. The zero-order valence-corrected chi connectivity index (χ0v) is 36.1. The van der Waals surface area contributed by atoms with Crippen LogP contribution in [0, 0.1) is 23.2 Å². The number of H-pyrrole nitrogens is 1. The first-order valence-corrected chi connectivity index (χ1v) is 21.7. The summed E-state index contributed by atoms with van der Waals surface area (Å²) in [6.45, 7) is 11.5. The summed E-state index contributed by atoms with van der Waals surface area (Å²) in [4.78, 5) is 71.1. The lowest BCUT2D eigenvalue weighted by molar-refractivity contribution is -0.148. The van der Waals surface area contributed by atoms with Gasteiger partial charge in [0.25, 0.3) is 6.01 Å². The normalized spacial score (nSPS) is 27.5. The molecule has 3 saturated carbocycles. The van der Waals surface area contributed by atoms with Crippen molar-refractivity contribution in [2.75, 3.05) is 53.1 Å². The number of carbonyl (C=O) groups is 4. The highest BCUT2D eigenvalue weighted by molar-refractivity contribution is 6.36. The van der Waals surface area contributed by atoms with Gasteiger partial charge in [-0.2, -0.15) is 0 Å². The summed E-state index contributed by atoms with van der Waals surface area (Å²) in [5.41, 5.74) is -1.62. The second-order valence-corrected chi connectivity index (χ2v) is 18.4. The zero-order chi connectivity index (χ0) is 43.1. The Balaban J connectivity index is 1.07. The summed E-state index contributed by atoms with van der Waals surface area (Å²) < 4.78 is 35.2. The molecule has 5 aliphatic rings. The third-order valence-corrected chi connectivity index (χ3v) is 13.1. The van der Waals surface area contributed by atoms with Crippen molar-refractivity contribution in [2.24, 2.45) is 23.2 Å². The van der Waals surface area contributed by atoms with Crippen LogP contribution in [-0.2, 0) is 28.6 Å². The van der Waals surface area contributed by atoms with Crippen LogP contribution in [0.3, 0.4) is 0 Å². The Kier molecular flexibility index (Phi) is 12.3. The van der Waals surface area contributed by atoms with E-state index in [1.165, 1.54) is 18.4 Å². The predicted molar refractivity (Wildman–Crippen MR) is 221 cm³/mol. The molecule has 3 aliphatic carbocycles. The lowest BCUT2D eigenvalue weighted by Crippen LogP contribution is -2.59. The third-order valence-electron chi connectivity index (χ3n) is 12.8. The van der Waals surface area contributed by atoms with E-state index in [4.69, 9.17) is 45.0 Å². The summed E-state index contributed by atoms with van der Waals surface area (Å²) in [5.74, 6) is 0.435. The van der Waals surface area contributed by atoms with Crippen LogP contribution in [0.1, 0.15) is 66.2 Å². The van der Waals surface area contributed by atoms with Crippen LogP contribution in [0.4, 0.5) is 4.79 Å². The highest BCUT2D eigenvalue weighted by atomic mass is 35.5. The molecule has 61 heavy (non-hydrogen) atoms. The number of halogens is 1. The van der Waals surface area contributed by atoms with Crippen LogP contribution in [0.15, 0.2) is 30.6 Å². The first-order valence-electron chi connectivity index (χ1n) is 21.3. The van der Waals surface area contributed by atoms with Crippen molar-refractivity contribution >= 4 is 46.4 Å². The van der Waals surface area contributed by atoms with E-state index in [2.05, 4.69) is 25.5 Å². The summed E-state index contributed by atoms with van der Waals surface area (Å²) >= 11 is 7.00. The number of morpholine rings is 1. The van der Waals surface area contributed by atoms with Crippen LogP contribution in [0.25, 0.3) is 10.9 Å². The van der Waals surface area contributed by atoms with Gasteiger partial charge in [0.1, 0.15) is 58.5 Å². The molecule has 0 spiro atoms. The fourth-order valence-electron chi connectivity index (χ4n) is 9.15. The van der Waals surface area contributed by atoms with Crippen molar-refractivity contribution in [1.29, 1.82) is 0 Å². The molecule has 17 nitrogen and oxygen atoms in total. The van der Waals surface area contributed by atoms with E-state index in [1.807, 2.05) is 27.7 Å². The number of benzene rings is 1. The molecule has 8 rings (SSSR count). The number of ether oxygens (including phenoxy) is 6. The lowest BCUT2D eigenvalue weighted by Gasteiger charge is -2.35. The highest BCUT2D eigenvalue weighted by Gasteiger charge is 2.62. The summed E-state index contributed by atoms with van der Waals surface area (Å²) in [6.07, 6.45) is 5.52. The van der Waals surface area contributed by atoms with Gasteiger partial charge >= 0.3 is 12.1 Å². The standard InChI is InChI=1S/C43H56ClN7O10/c1-6-26-22-43(26,39(54)56-5)49-37(52)30-20-28(23-51(30)38(53)36(42(2,3)4)48-41(55)60-27-18-24-17-25(24)19-27)59-32-21-33(61-40-45-9-10-46-40)47-35-29(32)7-8-31(34(35)44)58-16-13-50-11-14-57-15-12-50/h7-10,21,24-28,30,36H,6,11-20,22-23H2,1-5H3,(H,45,46)(H,48,55)(H,49,52)/t24-,25+,26-,27?,28-,30+,36-,43-/m1/s1. The lowest BCUT2D eigenvalue weighted by atomic mass is 9.85. The Morgan fingerprint density at radius 3 is 2.51 bits per heavy atom. The molecule has 8 atom stereocenters. The fraction of sp³-hybridized carbons (Fsp3) is 0.628. The smallest absolute Gasteiger partial charge is 0.408 e. The first-order chi connectivity index (χ1) is 29.3. The molecule has 4 heterocycles. The molecule has 5 fully saturated rings. The Hall–Kier alpha value is -4.87. The zero-order valence-electron chi connectivity index (χ0n) is 35.4. The maximum absolute atomic E-state index is 14.8. The minimum Gasteiger partial charge on any atom is -0.491 e. The number of alkyl carbamates (subject to hydrolysis) is 1. The molecule has 1 aromatic carbocycles. The Morgan fingerprint density at radius 2 is 1.84 bits per heavy atom. The first kappa shape index (κ1) is 42.8. The number of likely N-dealkylation sites (tertiary alicyclic amines) is 1. The number of carbonyl (C=O) groups excluding carboxylic acids is 4. The number of hydrogen-bond donors (Lipinski definition) is 3. The number of pyridine rings is 1. The van der Waals surface area contributed by atoms with Gasteiger partial charge < -0.3 is 48.9 Å². The molecule has 2 saturated heterocycles. The molecule has 2 aliphatic heterocycles. The second kappa shape index (κ2) is 17.5. The molecular formula is C43H56ClN7O10. The maximum Gasteiger partial charge on any atom is 0.408 e. The number of methoxy groups -OCH3 is 1. The summed E-state index contributed by atoms with van der Waals surface area (Å²) in [6, 6.07) is 3.22. The number of imidazole rings is 1. The number of amides is 3. The van der Waals surface area contributed by atoms with Crippen LogP contribution in [0.5, 0.6) is 23.4 Å². The predicted octanol–water partition coefficient (Wildman–Crippen LogP) is 4.86. The van der Waals surface area contributed by atoms with Crippen molar-refractivity contribution in [3.8, 4) is 23.4 Å². The number of nitrogens with zero attached hydrogens (tertiary/aromatic N) is 4. The molecule has 3 aromatic rings. The molecule has 18 heteroatoms. The SMILES string of the molecule is CC[C@@H]1C[C@]1(NC(=O)[C@@H]1C[C@@H](Oc2cc(Oc3ncc[nH]3)nc3c(Cl)c(OCCN4CCOCC4)ccc23)CN1C(=O)[C@@H](NC(=O)OC1C[C@@H]2C[C@@H]2C1)C(C)(C)C)C(=O)OC. The Labute approximate surface area is 359 Å². The van der Waals surface area contributed by atoms with E-state index >= 15 is 0 Å². The maximum atomic E-state index is 14.8. The molecular weight excluding hydrogens is 810 g/mol. The number of fused-ring (bicyclic) bond motifs is 2. The van der Waals surface area contributed by atoms with E-state index in [1.54, 1.807) is 30.6 Å². The molecule has 3 amide bonds. The van der Waals surface area contributed by atoms with Gasteiger partial charge in [-0.1, -0.05) is 45.7 Å². The average molecular weight is 866 g/mol. The monoisotopic (exact) mass is 865 g/mol. The summed E-state index contributed by atoms with van der Waals surface area (Å²) in [7, 11) is 1.29. The Morgan fingerprint density at radius 1 is 1.07 bits per heavy atom. The van der Waals surface area contributed by atoms with E-state index in [9.17, 15) is 19.2 Å². The average Bonchev–Trinajstić information content (AvgIpc) is 3.86. The molecule has 2 aromatic heterocycles. The van der Waals surface area contributed by atoms with Crippen molar-refractivity contribution in [3.05, 3.63) is 35.6 Å². The number of aromatic nitrogens is 3. The van der Waals surface area contributed by atoms with Gasteiger partial charge in [-0.15, -0.1) is 0 Å². The quantitative estimate of drug-likeness (QED) is 0.176. The molecule has 1 unspecified atom stereocenters. The van der Waals surface area contributed by atoms with E-state index < -0.39 is 53.0 Å². The van der Waals surface area contributed by atoms with Gasteiger partial charge in [-0.25, -0.2) is 19.6 Å². The van der Waals surface area contributed by atoms with Crippen molar-refractivity contribution in [1.82, 2.24) is 35.4 Å². The molecule has 3 N–H and O–H groups in total. The van der Waals surface area contributed by atoms with E-state index in [-0.39, 0.29) is 41.9 Å². The van der Waals surface area contributed by atoms with E-state index in [0.29, 0.717) is 73.4 Å². The van der Waals surface area contributed by atoms with Gasteiger partial charge in [-0.3, -0.25) is 14.5 Å².